The average molecular weight is 328 g/mol. The van der Waals surface area contributed by atoms with Crippen molar-refractivity contribution in [3.8, 4) is 17.2 Å². The van der Waals surface area contributed by atoms with Crippen molar-refractivity contribution < 1.29 is 19.0 Å². The minimum atomic E-state index is -0.279. The van der Waals surface area contributed by atoms with Crippen LogP contribution in [0.5, 0.6) is 17.2 Å². The first-order valence-electron chi connectivity index (χ1n) is 7.82. The van der Waals surface area contributed by atoms with Crippen molar-refractivity contribution >= 4 is 11.7 Å². The van der Waals surface area contributed by atoms with Crippen LogP contribution < -0.4 is 24.8 Å². The van der Waals surface area contributed by atoms with Gasteiger partial charge in [0.2, 0.25) is 6.79 Å². The quantitative estimate of drug-likeness (QED) is 0.882. The van der Waals surface area contributed by atoms with Crippen LogP contribution in [0, 0.1) is 6.92 Å². The van der Waals surface area contributed by atoms with Gasteiger partial charge < -0.3 is 24.8 Å². The van der Waals surface area contributed by atoms with Crippen molar-refractivity contribution in [1.82, 2.24) is 5.32 Å². The van der Waals surface area contributed by atoms with Gasteiger partial charge in [-0.3, -0.25) is 0 Å². The van der Waals surface area contributed by atoms with E-state index in [0.29, 0.717) is 24.6 Å². The first kappa shape index (κ1) is 16.0. The highest BCUT2D eigenvalue weighted by Gasteiger charge is 2.13. The third-order valence-corrected chi connectivity index (χ3v) is 3.64. The zero-order chi connectivity index (χ0) is 16.9. The monoisotopic (exact) mass is 328 g/mol. The zero-order valence-corrected chi connectivity index (χ0v) is 13.7. The van der Waals surface area contributed by atoms with Crippen LogP contribution in [-0.4, -0.2) is 19.4 Å². The van der Waals surface area contributed by atoms with Crippen molar-refractivity contribution in [3.05, 3.63) is 47.5 Å². The Morgan fingerprint density at radius 2 is 2.00 bits per heavy atom. The molecule has 24 heavy (non-hydrogen) atoms. The minimum Gasteiger partial charge on any atom is -0.494 e. The molecule has 0 radical (unpaired) electrons. The van der Waals surface area contributed by atoms with Crippen molar-refractivity contribution in [1.29, 1.82) is 0 Å². The molecule has 2 aromatic carbocycles. The van der Waals surface area contributed by atoms with Gasteiger partial charge in [0.05, 0.1) is 6.61 Å². The Kier molecular flexibility index (Phi) is 4.74. The van der Waals surface area contributed by atoms with Gasteiger partial charge >= 0.3 is 6.03 Å². The number of rotatable bonds is 5. The second-order valence-corrected chi connectivity index (χ2v) is 5.41. The van der Waals surface area contributed by atoms with Crippen LogP contribution in [-0.2, 0) is 6.54 Å². The molecule has 0 spiro atoms. The van der Waals surface area contributed by atoms with Crippen LogP contribution in [0.15, 0.2) is 36.4 Å². The summed E-state index contributed by atoms with van der Waals surface area (Å²) in [5, 5.41) is 5.62. The average Bonchev–Trinajstić information content (AvgIpc) is 3.04. The smallest absolute Gasteiger partial charge is 0.319 e. The number of urea groups is 1. The van der Waals surface area contributed by atoms with Crippen molar-refractivity contribution in [2.75, 3.05) is 18.7 Å². The number of benzene rings is 2. The first-order valence-corrected chi connectivity index (χ1v) is 7.82. The highest BCUT2D eigenvalue weighted by atomic mass is 16.7. The predicted molar refractivity (Wildman–Crippen MR) is 90.8 cm³/mol. The van der Waals surface area contributed by atoms with Gasteiger partial charge in [-0.1, -0.05) is 12.1 Å². The normalized spacial score (nSPS) is 11.9. The Balaban J connectivity index is 1.57. The number of hydrogen-bond acceptors (Lipinski definition) is 4. The fourth-order valence-corrected chi connectivity index (χ4v) is 2.40. The van der Waals surface area contributed by atoms with Crippen LogP contribution >= 0.6 is 0 Å². The largest absolute Gasteiger partial charge is 0.494 e. The molecule has 2 N–H and O–H groups in total. The van der Waals surface area contributed by atoms with Gasteiger partial charge in [-0.2, -0.15) is 0 Å². The second kappa shape index (κ2) is 7.12. The third kappa shape index (κ3) is 3.71. The lowest BCUT2D eigenvalue weighted by Crippen LogP contribution is -2.28. The molecule has 0 atom stereocenters. The molecule has 126 valence electrons. The SMILES string of the molecule is CCOc1cc(NC(=O)NCc2ccc3c(c2)OCO3)ccc1C. The van der Waals surface area contributed by atoms with E-state index in [2.05, 4.69) is 10.6 Å². The number of amides is 2. The highest BCUT2D eigenvalue weighted by molar-refractivity contribution is 5.89. The third-order valence-electron chi connectivity index (χ3n) is 3.64. The van der Waals surface area contributed by atoms with Gasteiger partial charge in [-0.25, -0.2) is 4.79 Å². The Hall–Kier alpha value is -2.89. The van der Waals surface area contributed by atoms with Crippen LogP contribution in [0.4, 0.5) is 10.5 Å². The first-order chi connectivity index (χ1) is 11.7. The molecule has 0 saturated carbocycles. The number of aryl methyl sites for hydroxylation is 1. The topological polar surface area (TPSA) is 68.8 Å². The molecule has 0 unspecified atom stereocenters. The molecule has 6 heteroatoms. The number of fused-ring (bicyclic) bond motifs is 1. The number of ether oxygens (including phenoxy) is 3. The summed E-state index contributed by atoms with van der Waals surface area (Å²) in [5.74, 6) is 2.20. The minimum absolute atomic E-state index is 0.238. The van der Waals surface area contributed by atoms with Crippen LogP contribution in [0.1, 0.15) is 18.1 Å². The molecular formula is C18H20N2O4. The lowest BCUT2D eigenvalue weighted by molar-refractivity contribution is 0.174. The van der Waals surface area contributed by atoms with E-state index in [1.54, 1.807) is 0 Å². The number of hydrogen-bond donors (Lipinski definition) is 2. The molecule has 0 aliphatic carbocycles. The molecule has 6 nitrogen and oxygen atoms in total. The lowest BCUT2D eigenvalue weighted by Gasteiger charge is -2.11. The Bertz CT molecular complexity index is 746. The van der Waals surface area contributed by atoms with E-state index in [1.165, 1.54) is 0 Å². The summed E-state index contributed by atoms with van der Waals surface area (Å²) >= 11 is 0. The molecular weight excluding hydrogens is 308 g/mol. The van der Waals surface area contributed by atoms with E-state index >= 15 is 0 Å². The molecule has 0 bridgehead atoms. The summed E-state index contributed by atoms with van der Waals surface area (Å²) in [4.78, 5) is 12.1. The van der Waals surface area contributed by atoms with Gasteiger partial charge in [-0.15, -0.1) is 0 Å². The van der Waals surface area contributed by atoms with E-state index in [0.717, 1.165) is 22.6 Å². The Morgan fingerprint density at radius 3 is 2.83 bits per heavy atom. The molecule has 0 aromatic heterocycles. The summed E-state index contributed by atoms with van der Waals surface area (Å²) in [6.45, 7) is 5.11. The lowest BCUT2D eigenvalue weighted by atomic mass is 10.2. The number of nitrogens with one attached hydrogen (secondary N) is 2. The maximum Gasteiger partial charge on any atom is 0.319 e. The molecule has 2 amide bonds. The predicted octanol–water partition coefficient (Wildman–Crippen LogP) is 3.44. The summed E-state index contributed by atoms with van der Waals surface area (Å²) < 4.78 is 16.1. The maximum absolute atomic E-state index is 12.1. The van der Waals surface area contributed by atoms with Crippen LogP contribution in [0.25, 0.3) is 0 Å². The summed E-state index contributed by atoms with van der Waals surface area (Å²) in [6, 6.07) is 10.9. The van der Waals surface area contributed by atoms with E-state index in [1.807, 2.05) is 50.2 Å². The molecule has 0 fully saturated rings. The number of carbonyl (C=O) groups excluding carboxylic acids is 1. The molecule has 0 saturated heterocycles. The van der Waals surface area contributed by atoms with Gasteiger partial charge in [0.1, 0.15) is 5.75 Å². The standard InChI is InChI=1S/C18H20N2O4/c1-3-22-16-9-14(6-4-12(16)2)20-18(21)19-10-13-5-7-15-17(8-13)24-11-23-15/h4-9H,3,10-11H2,1-2H3,(H2,19,20,21). The maximum atomic E-state index is 12.1. The molecule has 1 aliphatic rings. The molecule has 1 aliphatic heterocycles. The van der Waals surface area contributed by atoms with Crippen molar-refractivity contribution in [3.63, 3.8) is 0 Å². The Morgan fingerprint density at radius 1 is 1.17 bits per heavy atom. The zero-order valence-electron chi connectivity index (χ0n) is 13.7. The number of carbonyl (C=O) groups is 1. The second-order valence-electron chi connectivity index (χ2n) is 5.41. The summed E-state index contributed by atoms with van der Waals surface area (Å²) in [6.07, 6.45) is 0. The van der Waals surface area contributed by atoms with Crippen molar-refractivity contribution in [2.45, 2.75) is 20.4 Å². The van der Waals surface area contributed by atoms with Gasteiger partial charge in [0.25, 0.3) is 0 Å². The van der Waals surface area contributed by atoms with Gasteiger partial charge in [0, 0.05) is 18.3 Å². The molecule has 1 heterocycles. The van der Waals surface area contributed by atoms with E-state index in [9.17, 15) is 4.79 Å². The van der Waals surface area contributed by atoms with Gasteiger partial charge in [-0.05, 0) is 43.2 Å². The summed E-state index contributed by atoms with van der Waals surface area (Å²) in [7, 11) is 0. The Labute approximate surface area is 140 Å². The highest BCUT2D eigenvalue weighted by Crippen LogP contribution is 2.32. The van der Waals surface area contributed by atoms with E-state index in [4.69, 9.17) is 14.2 Å². The molecule has 3 rings (SSSR count). The number of anilines is 1. The fraction of sp³-hybridized carbons (Fsp3) is 0.278. The summed E-state index contributed by atoms with van der Waals surface area (Å²) in [5.41, 5.74) is 2.66. The van der Waals surface area contributed by atoms with E-state index in [-0.39, 0.29) is 12.8 Å². The van der Waals surface area contributed by atoms with E-state index < -0.39 is 0 Å². The molecule has 2 aromatic rings. The van der Waals surface area contributed by atoms with Crippen LogP contribution in [0.2, 0.25) is 0 Å². The van der Waals surface area contributed by atoms with Crippen LogP contribution in [0.3, 0.4) is 0 Å². The van der Waals surface area contributed by atoms with Gasteiger partial charge in [0.15, 0.2) is 11.5 Å². The van der Waals surface area contributed by atoms with Crippen molar-refractivity contribution in [2.24, 2.45) is 0 Å². The fourth-order valence-electron chi connectivity index (χ4n) is 2.40.